The lowest BCUT2D eigenvalue weighted by molar-refractivity contribution is -0.460. The summed E-state index contributed by atoms with van der Waals surface area (Å²) in [6.07, 6.45) is -1.61. The standard InChI is InChI=1S/C42H77N17O15S3.C12H22N4O4S/c1-18(31(64)55-24(40(73)74)8-6-13-50-42(47)48)51-39(72)30(20(3)62)59-37(70)27(17-76)57-34(67)23(11-14-77-4)54-35(68)25(15-60)56-33(66)22(9-10-28(43)63)53-32(65)21(7-5-12-49-41(45)46)52-36(69)26(16-75)58-38(71)29(44)19(2)61;1-6(17)9(13)11(19)15-7(5-21)12(20)16-4-2-3-8(16)10(14)18/h18-27,29-30,60-62,75-76H,5-17,44H2,1-4H3,(H2,43,63)(H,51,72)(H,52,69)(H,53,65)(H,54,68)(H,55,64)(H,56,66)(H,57,67)(H,58,71)(H,59,70)(H,73,74)(H4,45,46,49)(H4,47,48,50);6-9,17,21H,2-5,13H2,1H3,(H2,14,18)(H,15,19)/p+4/t18-,19+,20+,21-,22-,23-,24-,25-,26-,27-,29-,30-;6-,7+,8+,9+/m01/s1. The number of nitrogens with two attached hydrogens (primary N) is 6. The van der Waals surface area contributed by atoms with Crippen LogP contribution < -0.4 is 109 Å². The zero-order valence-corrected chi connectivity index (χ0v) is 58.8. The number of likely N-dealkylation sites (tertiary alicyclic amines) is 1. The minimum atomic E-state index is -1.82. The van der Waals surface area contributed by atoms with Crippen LogP contribution in [0.3, 0.4) is 0 Å². The fourth-order valence-electron chi connectivity index (χ4n) is 8.64. The predicted octanol–water partition coefficient (Wildman–Crippen LogP) is -17.2. The number of hydrogen-bond donors (Lipinski definition) is 28. The van der Waals surface area contributed by atoms with Gasteiger partial charge in [0.05, 0.1) is 25.8 Å². The first-order valence-corrected chi connectivity index (χ1v) is 34.1. The highest BCUT2D eigenvalue weighted by Gasteiger charge is 2.39. The molecule has 13 amide bonds. The number of primary amides is 2. The summed E-state index contributed by atoms with van der Waals surface area (Å²) in [4.78, 5) is 186. The zero-order chi connectivity index (χ0) is 75.3. The summed E-state index contributed by atoms with van der Waals surface area (Å²) >= 11 is 13.6. The molecule has 0 saturated carbocycles. The Bertz CT molecular complexity index is 2750. The Hall–Kier alpha value is -7.72. The molecular formula is C54H103N21O19S4+4. The average Bonchev–Trinajstić information content (AvgIpc) is 1.74. The van der Waals surface area contributed by atoms with Crippen molar-refractivity contribution >= 4 is 144 Å². The van der Waals surface area contributed by atoms with Gasteiger partial charge >= 0.3 is 17.9 Å². The quantitative estimate of drug-likeness (QED) is 0.0117. The van der Waals surface area contributed by atoms with Crippen molar-refractivity contribution < 1.29 is 114 Å². The van der Waals surface area contributed by atoms with Gasteiger partial charge < -0.3 is 107 Å². The second-order valence-electron chi connectivity index (χ2n) is 22.6. The van der Waals surface area contributed by atoms with Gasteiger partial charge in [-0.3, -0.25) is 95.2 Å². The number of carbonyl (C=O) groups is 14. The van der Waals surface area contributed by atoms with E-state index in [0.29, 0.717) is 19.4 Å². The Balaban J connectivity index is 0.00000378. The summed E-state index contributed by atoms with van der Waals surface area (Å²) in [6.45, 7) is 4.79. The highest BCUT2D eigenvalue weighted by Crippen LogP contribution is 2.18. The summed E-state index contributed by atoms with van der Waals surface area (Å²) in [5.74, 6) is -13.3. The van der Waals surface area contributed by atoms with Gasteiger partial charge in [-0.25, -0.2) is 4.79 Å². The first-order chi connectivity index (χ1) is 45.8. The number of aliphatic hydroxyl groups excluding tert-OH is 4. The van der Waals surface area contributed by atoms with Gasteiger partial charge in [0, 0.05) is 30.2 Å². The van der Waals surface area contributed by atoms with Crippen LogP contribution in [-0.2, 0) is 67.1 Å². The number of carboxylic acid groups (broad SMARTS) is 1. The molecule has 1 fully saturated rings. The number of thiol groups is 3. The van der Waals surface area contributed by atoms with Gasteiger partial charge in [-0.2, -0.15) is 49.6 Å². The van der Waals surface area contributed by atoms with Crippen molar-refractivity contribution in [2.24, 2.45) is 34.4 Å². The third-order valence-electron chi connectivity index (χ3n) is 14.6. The monoisotopic (exact) mass is 1480 g/mol. The molecule has 1 aliphatic heterocycles. The van der Waals surface area contributed by atoms with E-state index in [1.165, 1.54) is 37.4 Å². The van der Waals surface area contributed by atoms with E-state index in [2.05, 4.69) is 113 Å². The van der Waals surface area contributed by atoms with E-state index in [4.69, 9.17) is 34.4 Å². The van der Waals surface area contributed by atoms with E-state index < -0.39 is 205 Å². The number of nitrogens with zero attached hydrogens (tertiary/aromatic N) is 1. The molecular weight excluding hydrogens is 1370 g/mol. The molecule has 0 aromatic heterocycles. The van der Waals surface area contributed by atoms with Crippen LogP contribution in [0.4, 0.5) is 0 Å². The Labute approximate surface area is 586 Å². The van der Waals surface area contributed by atoms with Crippen molar-refractivity contribution in [1.29, 1.82) is 0 Å². The molecule has 1 aliphatic rings. The molecule has 0 unspecified atom stereocenters. The summed E-state index contributed by atoms with van der Waals surface area (Å²) in [5.41, 5.74) is 39.3. The van der Waals surface area contributed by atoms with E-state index in [9.17, 15) is 92.7 Å². The molecule has 0 aromatic carbocycles. The lowest BCUT2D eigenvalue weighted by atomic mass is 10.1. The van der Waals surface area contributed by atoms with Crippen LogP contribution in [0, 0.1) is 0 Å². The number of nitrogens with one attached hydrogen (secondary N) is 12. The predicted molar refractivity (Wildman–Crippen MR) is 362 cm³/mol. The highest BCUT2D eigenvalue weighted by atomic mass is 32.2. The van der Waals surface area contributed by atoms with E-state index in [0.717, 1.165) is 6.92 Å². The van der Waals surface area contributed by atoms with Crippen LogP contribution >= 0.6 is 49.6 Å². The average molecular weight is 1480 g/mol. The van der Waals surface area contributed by atoms with E-state index in [-0.39, 0.29) is 74.4 Å². The summed E-state index contributed by atoms with van der Waals surface area (Å²) in [6, 6.07) is -17.3. The topological polar surface area (TPSA) is 703 Å². The van der Waals surface area contributed by atoms with E-state index >= 15 is 0 Å². The number of rotatable bonds is 44. The third-order valence-corrected chi connectivity index (χ3v) is 16.3. The fourth-order valence-corrected chi connectivity index (χ4v) is 9.87. The third kappa shape index (κ3) is 33.7. The van der Waals surface area contributed by atoms with Crippen molar-refractivity contribution in [3.05, 3.63) is 0 Å². The molecule has 44 heteroatoms. The smallest absolute Gasteiger partial charge is 0.338 e. The number of carboxylic acids is 1. The molecule has 0 aromatic rings. The van der Waals surface area contributed by atoms with Crippen LogP contribution in [0.2, 0.25) is 0 Å². The van der Waals surface area contributed by atoms with Crippen LogP contribution in [0.25, 0.3) is 0 Å². The van der Waals surface area contributed by atoms with Crippen LogP contribution in [0.15, 0.2) is 0 Å². The Morgan fingerprint density at radius 3 is 1.31 bits per heavy atom. The molecule has 558 valence electrons. The zero-order valence-electron chi connectivity index (χ0n) is 55.3. The van der Waals surface area contributed by atoms with Gasteiger partial charge in [0.15, 0.2) is 12.1 Å². The van der Waals surface area contributed by atoms with Gasteiger partial charge in [-0.1, -0.05) is 0 Å². The second kappa shape index (κ2) is 47.3. The number of thioether (sulfide) groups is 1. The van der Waals surface area contributed by atoms with Crippen LogP contribution in [0.1, 0.15) is 85.5 Å². The van der Waals surface area contributed by atoms with E-state index in [1.54, 1.807) is 6.26 Å². The van der Waals surface area contributed by atoms with Crippen molar-refractivity contribution in [3.8, 4) is 0 Å². The molecule has 1 saturated heterocycles. The van der Waals surface area contributed by atoms with Gasteiger partial charge in [-0.15, -0.1) is 0 Å². The van der Waals surface area contributed by atoms with E-state index in [1.807, 2.05) is 0 Å². The molecule has 98 heavy (non-hydrogen) atoms. The molecule has 16 atom stereocenters. The molecule has 0 bridgehead atoms. The summed E-state index contributed by atoms with van der Waals surface area (Å²) < 4.78 is 0. The number of hydrogen-bond acceptors (Lipinski definition) is 22. The van der Waals surface area contributed by atoms with Crippen molar-refractivity contribution in [1.82, 2.24) is 58.1 Å². The minimum absolute atomic E-state index is 0.0413. The van der Waals surface area contributed by atoms with Crippen LogP contribution in [-0.4, -0.2) is 277 Å². The van der Waals surface area contributed by atoms with Crippen molar-refractivity contribution in [3.63, 3.8) is 0 Å². The first kappa shape index (κ1) is 90.3. The normalized spacial score (nSPS) is 17.1. The lowest BCUT2D eigenvalue weighted by Crippen LogP contribution is -2.78. The minimum Gasteiger partial charge on any atom is -0.480 e. The SMILES string of the molecule is CSCC[C@H](NC(=O)[C@H](CO)NC(=O)[C@H](CCC(N)=O)NC(=O)[C@H](CCC[NH+]=C(N)N)NC(=O)[C@H](CS)NC(=O)[C@@H]([NH3+])[C@@H](C)O)C(=O)N[C@@H](CS)C(=O)N[C@H](C(=O)N[C@@H](C)C(=O)N[C@@H](CCC[NH+]=C(N)N)C(=O)O)[C@@H](C)O.C[C@@H](O)[C@H]([NH3+])C(=O)N[C@@H](CS)C(=O)N1CCC[C@H]1C(N)=O. The maximum absolute atomic E-state index is 13.8. The Morgan fingerprint density at radius 1 is 0.510 bits per heavy atom. The number of guanidine groups is 2. The summed E-state index contributed by atoms with van der Waals surface area (Å²) in [5, 5.41) is 73.1. The Morgan fingerprint density at radius 2 is 0.898 bits per heavy atom. The lowest BCUT2D eigenvalue weighted by Gasteiger charge is -2.28. The fraction of sp³-hybridized carbons (Fsp3) is 0.704. The molecule has 35 N–H and O–H groups in total. The van der Waals surface area contributed by atoms with Gasteiger partial charge in [0.25, 0.3) is 11.8 Å². The van der Waals surface area contributed by atoms with Gasteiger partial charge in [0.1, 0.15) is 78.7 Å². The van der Waals surface area contributed by atoms with Crippen LogP contribution in [0.5, 0.6) is 0 Å². The molecule has 40 nitrogen and oxygen atoms in total. The van der Waals surface area contributed by atoms with Gasteiger partial charge in [0.2, 0.25) is 65.0 Å². The number of aliphatic carboxylic acids is 1. The molecule has 1 rings (SSSR count). The van der Waals surface area contributed by atoms with Gasteiger partial charge in [-0.05, 0) is 91.1 Å². The number of carbonyl (C=O) groups excluding carboxylic acids is 13. The maximum atomic E-state index is 13.8. The molecule has 0 aliphatic carbocycles. The van der Waals surface area contributed by atoms with Crippen molar-refractivity contribution in [2.45, 2.75) is 182 Å². The molecule has 0 radical (unpaired) electrons. The molecule has 1 heterocycles. The summed E-state index contributed by atoms with van der Waals surface area (Å²) in [7, 11) is 0. The largest absolute Gasteiger partial charge is 0.480 e. The van der Waals surface area contributed by atoms with Crippen molar-refractivity contribution in [2.75, 3.05) is 55.5 Å². The first-order valence-electron chi connectivity index (χ1n) is 30.8. The number of aliphatic hydroxyl groups is 4. The second-order valence-corrected chi connectivity index (χ2v) is 24.7. The molecule has 0 spiro atoms. The number of quaternary nitrogens is 2. The maximum Gasteiger partial charge on any atom is 0.338 e. The number of amides is 13. The Kier molecular flexibility index (Phi) is 43.6. The highest BCUT2D eigenvalue weighted by molar-refractivity contribution is 7.98.